The molecule has 0 spiro atoms. The number of anilines is 2. The fourth-order valence-electron chi connectivity index (χ4n) is 4.59. The number of rotatable bonds is 9. The standard InChI is InChI=1S/C31H34N2O4/c1-5-6-9-20-37-25-18-14-23(15-19-25)29(34)27-28(22-12-16-24(17-13-22)32(3)4)33(31(36)30(27)35)26-11-8-7-10-21(26)2/h7-8,10-19,28,34H,5-6,9,20H2,1-4H3/b29-27-. The molecule has 192 valence electrons. The highest BCUT2D eigenvalue weighted by molar-refractivity contribution is 6.51. The molecule has 1 aliphatic heterocycles. The zero-order valence-electron chi connectivity index (χ0n) is 21.9. The van der Waals surface area contributed by atoms with Crippen LogP contribution in [-0.4, -0.2) is 37.5 Å². The Labute approximate surface area is 218 Å². The molecule has 0 radical (unpaired) electrons. The van der Waals surface area contributed by atoms with Gasteiger partial charge in [0.25, 0.3) is 11.7 Å². The molecule has 1 amide bonds. The molecular weight excluding hydrogens is 464 g/mol. The molecule has 0 saturated carbocycles. The van der Waals surface area contributed by atoms with Crippen molar-refractivity contribution in [2.24, 2.45) is 0 Å². The fraction of sp³-hybridized carbons (Fsp3) is 0.290. The summed E-state index contributed by atoms with van der Waals surface area (Å²) in [4.78, 5) is 30.3. The van der Waals surface area contributed by atoms with Crippen LogP contribution in [-0.2, 0) is 9.59 Å². The molecule has 3 aromatic rings. The minimum absolute atomic E-state index is 0.0717. The van der Waals surface area contributed by atoms with Crippen molar-refractivity contribution in [1.29, 1.82) is 0 Å². The summed E-state index contributed by atoms with van der Waals surface area (Å²) in [6, 6.07) is 21.4. The zero-order chi connectivity index (χ0) is 26.5. The highest BCUT2D eigenvalue weighted by Gasteiger charge is 2.47. The number of aliphatic hydroxyl groups is 1. The van der Waals surface area contributed by atoms with Crippen LogP contribution in [0.2, 0.25) is 0 Å². The highest BCUT2D eigenvalue weighted by atomic mass is 16.5. The predicted molar refractivity (Wildman–Crippen MR) is 148 cm³/mol. The number of carbonyl (C=O) groups excluding carboxylic acids is 2. The lowest BCUT2D eigenvalue weighted by atomic mass is 9.94. The Kier molecular flexibility index (Phi) is 7.97. The van der Waals surface area contributed by atoms with Crippen molar-refractivity contribution in [2.45, 2.75) is 39.2 Å². The van der Waals surface area contributed by atoms with E-state index < -0.39 is 17.7 Å². The quantitative estimate of drug-likeness (QED) is 0.163. The molecule has 4 rings (SSSR count). The second-order valence-corrected chi connectivity index (χ2v) is 9.52. The van der Waals surface area contributed by atoms with Crippen LogP contribution in [0.1, 0.15) is 48.9 Å². The number of amides is 1. The van der Waals surface area contributed by atoms with Crippen LogP contribution in [0.4, 0.5) is 11.4 Å². The van der Waals surface area contributed by atoms with E-state index in [-0.39, 0.29) is 11.3 Å². The van der Waals surface area contributed by atoms with Gasteiger partial charge in [0, 0.05) is 31.0 Å². The first-order chi connectivity index (χ1) is 17.8. The average molecular weight is 499 g/mol. The Bertz CT molecular complexity index is 1290. The number of unbranched alkanes of at least 4 members (excludes halogenated alkanes) is 2. The van der Waals surface area contributed by atoms with Gasteiger partial charge in [-0.25, -0.2) is 0 Å². The average Bonchev–Trinajstić information content (AvgIpc) is 3.17. The molecule has 1 heterocycles. The number of hydrogen-bond acceptors (Lipinski definition) is 5. The van der Waals surface area contributed by atoms with Gasteiger partial charge < -0.3 is 14.7 Å². The first kappa shape index (κ1) is 26.0. The number of ketones is 1. The lowest BCUT2D eigenvalue weighted by Crippen LogP contribution is -2.30. The molecule has 6 nitrogen and oxygen atoms in total. The number of Topliss-reactive ketones (excluding diaryl/α,β-unsaturated/α-hetero) is 1. The van der Waals surface area contributed by atoms with Crippen molar-refractivity contribution in [3.63, 3.8) is 0 Å². The maximum absolute atomic E-state index is 13.4. The molecule has 1 unspecified atom stereocenters. The maximum Gasteiger partial charge on any atom is 0.300 e. The van der Waals surface area contributed by atoms with Crippen molar-refractivity contribution < 1.29 is 19.4 Å². The fourth-order valence-corrected chi connectivity index (χ4v) is 4.59. The van der Waals surface area contributed by atoms with Crippen molar-refractivity contribution in [1.82, 2.24) is 0 Å². The number of aliphatic hydroxyl groups excluding tert-OH is 1. The molecule has 0 aliphatic carbocycles. The number of hydrogen-bond donors (Lipinski definition) is 1. The van der Waals surface area contributed by atoms with E-state index in [1.807, 2.05) is 74.4 Å². The number of nitrogens with zero attached hydrogens (tertiary/aromatic N) is 2. The minimum Gasteiger partial charge on any atom is -0.507 e. The normalized spacial score (nSPS) is 16.8. The lowest BCUT2D eigenvalue weighted by Gasteiger charge is -2.27. The van der Waals surface area contributed by atoms with Gasteiger partial charge in [0.15, 0.2) is 0 Å². The molecule has 1 aliphatic rings. The zero-order valence-corrected chi connectivity index (χ0v) is 21.9. The lowest BCUT2D eigenvalue weighted by molar-refractivity contribution is -0.132. The molecule has 0 bridgehead atoms. The van der Waals surface area contributed by atoms with E-state index in [2.05, 4.69) is 6.92 Å². The van der Waals surface area contributed by atoms with Gasteiger partial charge in [0.1, 0.15) is 11.5 Å². The third kappa shape index (κ3) is 5.38. The van der Waals surface area contributed by atoms with Crippen LogP contribution in [0.5, 0.6) is 5.75 Å². The van der Waals surface area contributed by atoms with E-state index in [1.165, 1.54) is 4.90 Å². The van der Waals surface area contributed by atoms with Gasteiger partial charge in [-0.1, -0.05) is 50.1 Å². The molecule has 3 aromatic carbocycles. The summed E-state index contributed by atoms with van der Waals surface area (Å²) in [6.45, 7) is 4.67. The summed E-state index contributed by atoms with van der Waals surface area (Å²) in [6.07, 6.45) is 3.21. The summed E-state index contributed by atoms with van der Waals surface area (Å²) in [7, 11) is 3.90. The molecule has 0 aromatic heterocycles. The van der Waals surface area contributed by atoms with E-state index in [0.29, 0.717) is 23.6 Å². The number of aryl methyl sites for hydroxylation is 1. The smallest absolute Gasteiger partial charge is 0.300 e. The first-order valence-electron chi connectivity index (χ1n) is 12.7. The Morgan fingerprint density at radius 3 is 2.24 bits per heavy atom. The predicted octanol–water partition coefficient (Wildman–Crippen LogP) is 6.26. The highest BCUT2D eigenvalue weighted by Crippen LogP contribution is 2.43. The Hall–Kier alpha value is -4.06. The number of ether oxygens (including phenoxy) is 1. The van der Waals surface area contributed by atoms with Gasteiger partial charge in [-0.2, -0.15) is 0 Å². The van der Waals surface area contributed by atoms with Gasteiger partial charge in [-0.05, 0) is 66.9 Å². The van der Waals surface area contributed by atoms with Gasteiger partial charge in [-0.3, -0.25) is 14.5 Å². The Morgan fingerprint density at radius 1 is 0.946 bits per heavy atom. The maximum atomic E-state index is 13.4. The van der Waals surface area contributed by atoms with Gasteiger partial charge in [-0.15, -0.1) is 0 Å². The minimum atomic E-state index is -0.762. The summed E-state index contributed by atoms with van der Waals surface area (Å²) in [5.74, 6) is -0.867. The molecule has 1 saturated heterocycles. The topological polar surface area (TPSA) is 70.1 Å². The number of carbonyl (C=O) groups is 2. The largest absolute Gasteiger partial charge is 0.507 e. The van der Waals surface area contributed by atoms with E-state index in [0.717, 1.165) is 36.1 Å². The van der Waals surface area contributed by atoms with Gasteiger partial charge in [0.2, 0.25) is 0 Å². The van der Waals surface area contributed by atoms with Crippen molar-refractivity contribution in [3.05, 3.63) is 95.1 Å². The molecule has 37 heavy (non-hydrogen) atoms. The first-order valence-corrected chi connectivity index (χ1v) is 12.7. The van der Waals surface area contributed by atoms with Crippen LogP contribution < -0.4 is 14.5 Å². The SMILES string of the molecule is CCCCCOc1ccc(/C(O)=C2/C(=O)C(=O)N(c3ccccc3C)C2c2ccc(N(C)C)cc2)cc1. The second-order valence-electron chi connectivity index (χ2n) is 9.52. The summed E-state index contributed by atoms with van der Waals surface area (Å²) < 4.78 is 5.78. The summed E-state index contributed by atoms with van der Waals surface area (Å²) in [5, 5.41) is 11.4. The summed E-state index contributed by atoms with van der Waals surface area (Å²) in [5.41, 5.74) is 3.77. The van der Waals surface area contributed by atoms with Crippen LogP contribution in [0.15, 0.2) is 78.4 Å². The molecule has 1 N–H and O–H groups in total. The number of para-hydroxylation sites is 1. The Balaban J connectivity index is 1.77. The van der Waals surface area contributed by atoms with E-state index >= 15 is 0 Å². The van der Waals surface area contributed by atoms with E-state index in [9.17, 15) is 14.7 Å². The molecule has 1 atom stereocenters. The molecule has 6 heteroatoms. The third-order valence-electron chi connectivity index (χ3n) is 6.69. The van der Waals surface area contributed by atoms with E-state index in [1.54, 1.807) is 24.3 Å². The van der Waals surface area contributed by atoms with Crippen LogP contribution >= 0.6 is 0 Å². The Morgan fingerprint density at radius 2 is 1.62 bits per heavy atom. The van der Waals surface area contributed by atoms with Gasteiger partial charge in [0.05, 0.1) is 18.2 Å². The van der Waals surface area contributed by atoms with Crippen molar-refractivity contribution in [3.8, 4) is 5.75 Å². The monoisotopic (exact) mass is 498 g/mol. The van der Waals surface area contributed by atoms with Crippen molar-refractivity contribution in [2.75, 3.05) is 30.5 Å². The molecular formula is C31H34N2O4. The second kappa shape index (κ2) is 11.3. The number of benzene rings is 3. The van der Waals surface area contributed by atoms with Crippen LogP contribution in [0.3, 0.4) is 0 Å². The molecule has 1 fully saturated rings. The van der Waals surface area contributed by atoms with Gasteiger partial charge >= 0.3 is 0 Å². The van der Waals surface area contributed by atoms with E-state index in [4.69, 9.17) is 4.74 Å². The third-order valence-corrected chi connectivity index (χ3v) is 6.69. The van der Waals surface area contributed by atoms with Crippen molar-refractivity contribution >= 4 is 28.8 Å². The summed E-state index contributed by atoms with van der Waals surface area (Å²) >= 11 is 0. The van der Waals surface area contributed by atoms with Crippen LogP contribution in [0.25, 0.3) is 5.76 Å². The van der Waals surface area contributed by atoms with Crippen LogP contribution in [0, 0.1) is 6.92 Å².